The van der Waals surface area contributed by atoms with Gasteiger partial charge in [-0.2, -0.15) is 18.3 Å². The van der Waals surface area contributed by atoms with Crippen LogP contribution in [0.1, 0.15) is 68.7 Å². The van der Waals surface area contributed by atoms with Crippen molar-refractivity contribution in [3.05, 3.63) is 75.1 Å². The number of alkyl carbamates (subject to hydrolysis) is 1. The Labute approximate surface area is 353 Å². The van der Waals surface area contributed by atoms with Crippen LogP contribution >= 0.6 is 11.6 Å². The molecule has 0 unspecified atom stereocenters. The van der Waals surface area contributed by atoms with Crippen molar-refractivity contribution in [3.63, 3.8) is 0 Å². The highest BCUT2D eigenvalue weighted by atomic mass is 35.5. The number of aromatic nitrogens is 3. The lowest BCUT2D eigenvalue weighted by molar-refractivity contribution is -0.141. The Morgan fingerprint density at radius 3 is 2.07 bits per heavy atom. The maximum atomic E-state index is 15.8. The zero-order valence-corrected chi connectivity index (χ0v) is 37.0. The van der Waals surface area contributed by atoms with Crippen LogP contribution in [0.25, 0.3) is 22.0 Å². The van der Waals surface area contributed by atoms with Crippen LogP contribution in [0, 0.1) is 23.5 Å². The first kappa shape index (κ1) is 47.5. The van der Waals surface area contributed by atoms with E-state index in [1.54, 1.807) is 0 Å². The average Bonchev–Trinajstić information content (AvgIpc) is 3.60. The van der Waals surface area contributed by atoms with Crippen LogP contribution in [0.5, 0.6) is 0 Å². The van der Waals surface area contributed by atoms with Crippen LogP contribution in [-0.4, -0.2) is 87.6 Å². The van der Waals surface area contributed by atoms with Gasteiger partial charge in [0.2, 0.25) is 20.0 Å². The molecule has 0 saturated heterocycles. The summed E-state index contributed by atoms with van der Waals surface area (Å²) in [5.41, 5.74) is -2.70. The third kappa shape index (κ3) is 10.7. The average molecular weight is 940 g/mol. The van der Waals surface area contributed by atoms with Gasteiger partial charge in [0.25, 0.3) is 0 Å². The molecule has 332 valence electrons. The summed E-state index contributed by atoms with van der Waals surface area (Å²) < 4.78 is 169. The zero-order chi connectivity index (χ0) is 46.0. The van der Waals surface area contributed by atoms with Crippen molar-refractivity contribution in [2.75, 3.05) is 22.5 Å². The molecule has 2 atom stereocenters. The quantitative estimate of drug-likeness (QED) is 0.133. The third-order valence-corrected chi connectivity index (χ3v) is 14.7. The lowest BCUT2D eigenvalue weighted by Gasteiger charge is -2.27. The first-order valence-electron chi connectivity index (χ1n) is 18.0. The molecular formula is C38H40ClF6N5O8S3. The Kier molecular flexibility index (Phi) is 12.7. The Morgan fingerprint density at radius 2 is 1.54 bits per heavy atom. The number of benzene rings is 2. The molecule has 0 fully saturated rings. The number of nitrogens with zero attached hydrogens (tertiary/aromatic N) is 4. The van der Waals surface area contributed by atoms with Gasteiger partial charge in [-0.05, 0) is 81.8 Å². The van der Waals surface area contributed by atoms with Gasteiger partial charge >= 0.3 is 12.3 Å². The Balaban J connectivity index is 2.02. The minimum Gasteiger partial charge on any atom is -0.444 e. The molecule has 1 amide bonds. The van der Waals surface area contributed by atoms with Gasteiger partial charge < -0.3 is 10.1 Å². The topological polar surface area (TPSA) is 175 Å². The van der Waals surface area contributed by atoms with Crippen molar-refractivity contribution < 1.29 is 61.1 Å². The van der Waals surface area contributed by atoms with Gasteiger partial charge in [-0.25, -0.2) is 48.2 Å². The second kappa shape index (κ2) is 16.3. The number of amides is 1. The Morgan fingerprint density at radius 1 is 0.967 bits per heavy atom. The van der Waals surface area contributed by atoms with E-state index in [1.165, 1.54) is 40.7 Å². The highest BCUT2D eigenvalue weighted by Crippen LogP contribution is 2.46. The predicted molar refractivity (Wildman–Crippen MR) is 216 cm³/mol. The number of halogens is 7. The zero-order valence-electron chi connectivity index (χ0n) is 33.8. The van der Waals surface area contributed by atoms with E-state index in [1.807, 2.05) is 0 Å². The highest BCUT2D eigenvalue weighted by molar-refractivity contribution is 8.09. The van der Waals surface area contributed by atoms with Gasteiger partial charge in [-0.3, -0.25) is 4.68 Å². The summed E-state index contributed by atoms with van der Waals surface area (Å²) >= 11 is 6.57. The van der Waals surface area contributed by atoms with Crippen LogP contribution < -0.4 is 9.03 Å². The van der Waals surface area contributed by atoms with E-state index in [2.05, 4.69) is 22.3 Å². The second-order valence-electron chi connectivity index (χ2n) is 16.0. The summed E-state index contributed by atoms with van der Waals surface area (Å²) in [5.74, 6) is 2.26. The molecule has 0 spiro atoms. The molecule has 2 aromatic carbocycles. The molecule has 1 N–H and O–H groups in total. The van der Waals surface area contributed by atoms with Crippen molar-refractivity contribution in [3.8, 4) is 23.0 Å². The van der Waals surface area contributed by atoms with E-state index >= 15 is 4.39 Å². The molecule has 4 aromatic rings. The number of fused-ring (bicyclic) bond motifs is 2. The molecule has 2 aromatic heterocycles. The van der Waals surface area contributed by atoms with E-state index in [0.717, 1.165) is 24.5 Å². The summed E-state index contributed by atoms with van der Waals surface area (Å²) in [6.45, 7) is 5.24. The summed E-state index contributed by atoms with van der Waals surface area (Å²) in [4.78, 5) is 18.3. The molecule has 1 aliphatic rings. The number of carbonyl (C=O) groups is 1. The van der Waals surface area contributed by atoms with Crippen LogP contribution in [0.4, 0.5) is 37.0 Å². The number of anilines is 1. The van der Waals surface area contributed by atoms with Gasteiger partial charge in [0.1, 0.15) is 40.4 Å². The smallest absolute Gasteiger partial charge is 0.408 e. The van der Waals surface area contributed by atoms with Gasteiger partial charge in [0, 0.05) is 36.3 Å². The van der Waals surface area contributed by atoms with E-state index in [4.69, 9.17) is 21.3 Å². The number of hydrogen-bond donors (Lipinski definition) is 1. The van der Waals surface area contributed by atoms with E-state index in [0.29, 0.717) is 18.6 Å². The van der Waals surface area contributed by atoms with Crippen molar-refractivity contribution in [2.24, 2.45) is 0 Å². The number of alkyl halides is 4. The minimum atomic E-state index is -5.09. The van der Waals surface area contributed by atoms with Crippen LogP contribution in [0.3, 0.4) is 0 Å². The predicted octanol–water partition coefficient (Wildman–Crippen LogP) is 6.74. The highest BCUT2D eigenvalue weighted by Gasteiger charge is 2.40. The van der Waals surface area contributed by atoms with Gasteiger partial charge in [-0.1, -0.05) is 23.6 Å². The standard InChI is InChI=1S/C38H40ClF6N5O8S3/c1-36(2,3)58-35(51)47-29(15-20-13-21(40)16-22(41)14-20)32-30(26-18-23(42)17-25(26)28(46-32)11-12-37(4,5)59(6,52)53)24-9-10-27(39)31-33(24)49(19-38(43,44)45)48-34(31)50(60(7,54)55)61(8,56)57/h9-10,13-14,16,23,29H,15,17-19H2,1-8H3,(H,47,51)/t23-,29-/m0/s1. The number of nitrogens with one attached hydrogen (secondary N) is 1. The van der Waals surface area contributed by atoms with Crippen molar-refractivity contribution in [1.82, 2.24) is 20.1 Å². The summed E-state index contributed by atoms with van der Waals surface area (Å²) in [7, 11) is -13.6. The fourth-order valence-electron chi connectivity index (χ4n) is 6.68. The third-order valence-electron chi connectivity index (χ3n) is 9.28. The van der Waals surface area contributed by atoms with Crippen LogP contribution in [0.2, 0.25) is 5.02 Å². The number of hydrogen-bond acceptors (Lipinski definition) is 10. The fourth-order valence-corrected chi connectivity index (χ4v) is 10.0. The van der Waals surface area contributed by atoms with Crippen molar-refractivity contribution >= 4 is 64.3 Å². The molecule has 13 nitrogen and oxygen atoms in total. The number of pyridine rings is 1. The monoisotopic (exact) mass is 939 g/mol. The molecule has 0 saturated carbocycles. The molecule has 5 rings (SSSR count). The number of ether oxygens (including phenoxy) is 1. The maximum Gasteiger partial charge on any atom is 0.408 e. The molecule has 0 aliphatic heterocycles. The van der Waals surface area contributed by atoms with Crippen LogP contribution in [-0.2, 0) is 60.4 Å². The summed E-state index contributed by atoms with van der Waals surface area (Å²) in [6, 6.07) is 3.17. The van der Waals surface area contributed by atoms with Crippen molar-refractivity contribution in [2.45, 2.75) is 89.2 Å². The lowest BCUT2D eigenvalue weighted by Crippen LogP contribution is -2.36. The molecule has 61 heavy (non-hydrogen) atoms. The first-order valence-corrected chi connectivity index (χ1v) is 24.0. The maximum absolute atomic E-state index is 15.8. The summed E-state index contributed by atoms with van der Waals surface area (Å²) in [5, 5.41) is 5.37. The Hall–Kier alpha value is -4.59. The molecule has 1 aliphatic carbocycles. The molecule has 2 heterocycles. The molecule has 0 bridgehead atoms. The molecule has 23 heteroatoms. The lowest BCUT2D eigenvalue weighted by atomic mass is 9.88. The van der Waals surface area contributed by atoms with Gasteiger partial charge in [0.15, 0.2) is 15.7 Å². The number of sulfonamides is 2. The number of sulfone groups is 1. The van der Waals surface area contributed by atoms with Crippen LogP contribution in [0.15, 0.2) is 30.3 Å². The van der Waals surface area contributed by atoms with E-state index < -0.39 is 124 Å². The van der Waals surface area contributed by atoms with Gasteiger partial charge in [0.05, 0.1) is 40.2 Å². The second-order valence-corrected chi connectivity index (χ2v) is 22.9. The molecular weight excluding hydrogens is 900 g/mol. The Bertz CT molecular complexity index is 2800. The van der Waals surface area contributed by atoms with E-state index in [-0.39, 0.29) is 47.6 Å². The van der Waals surface area contributed by atoms with Gasteiger partial charge in [-0.15, -0.1) is 3.71 Å². The number of rotatable bonds is 10. The SMILES string of the molecule is CC(C)(C)OC(=O)N[C@@H](Cc1cc(F)cc(F)c1)c1nc(C#CC(C)(C)S(C)(=O)=O)c2c(c1-c1ccc(Cl)c3c(N(S(C)(=O)=O)S(C)(=O)=O)nn(CC(F)(F)F)c13)C[C@@H](F)C2. The minimum absolute atomic E-state index is 0.0355. The number of carbonyl (C=O) groups excluding carboxylic acids is 1. The van der Waals surface area contributed by atoms with E-state index in [9.17, 15) is 52.0 Å². The molecule has 0 radical (unpaired) electrons. The van der Waals surface area contributed by atoms with Crippen molar-refractivity contribution in [1.29, 1.82) is 0 Å². The normalized spacial score (nSPS) is 15.6. The first-order chi connectivity index (χ1) is 27.7. The largest absolute Gasteiger partial charge is 0.444 e. The summed E-state index contributed by atoms with van der Waals surface area (Å²) in [6.07, 6.45) is -7.37. The fraction of sp³-hybridized carbons (Fsp3) is 0.447.